The first-order valence-electron chi connectivity index (χ1n) is 9.54. The molecular formula is C21H17FN6O2. The molecule has 0 aliphatic carbocycles. The highest BCUT2D eigenvalue weighted by Gasteiger charge is 2.30. The van der Waals surface area contributed by atoms with E-state index in [1.807, 2.05) is 30.3 Å². The van der Waals surface area contributed by atoms with Crippen molar-refractivity contribution in [3.63, 3.8) is 0 Å². The highest BCUT2D eigenvalue weighted by molar-refractivity contribution is 5.94. The Balaban J connectivity index is 1.30. The van der Waals surface area contributed by atoms with Crippen LogP contribution in [0.15, 0.2) is 65.3 Å². The minimum atomic E-state index is -0.514. The minimum absolute atomic E-state index is 0.0570. The molecule has 0 spiro atoms. The number of benzene rings is 2. The molecule has 9 heteroatoms. The van der Waals surface area contributed by atoms with E-state index >= 15 is 0 Å². The summed E-state index contributed by atoms with van der Waals surface area (Å²) in [7, 11) is 0. The Morgan fingerprint density at radius 3 is 2.73 bits per heavy atom. The highest BCUT2D eigenvalue weighted by Crippen LogP contribution is 2.25. The van der Waals surface area contributed by atoms with Crippen molar-refractivity contribution < 1.29 is 13.7 Å². The molecule has 1 saturated heterocycles. The van der Waals surface area contributed by atoms with Crippen molar-refractivity contribution >= 4 is 5.91 Å². The van der Waals surface area contributed by atoms with E-state index < -0.39 is 5.82 Å². The maximum Gasteiger partial charge on any atom is 0.280 e. The van der Waals surface area contributed by atoms with Crippen LogP contribution < -0.4 is 0 Å². The molecule has 1 aliphatic heterocycles. The Kier molecular flexibility index (Phi) is 4.55. The fourth-order valence-electron chi connectivity index (χ4n) is 3.53. The van der Waals surface area contributed by atoms with Crippen molar-refractivity contribution in [1.29, 1.82) is 0 Å². The summed E-state index contributed by atoms with van der Waals surface area (Å²) in [4.78, 5) is 18.6. The predicted molar refractivity (Wildman–Crippen MR) is 105 cm³/mol. The molecule has 1 atom stereocenters. The van der Waals surface area contributed by atoms with E-state index in [0.717, 1.165) is 5.56 Å². The summed E-state index contributed by atoms with van der Waals surface area (Å²) >= 11 is 0. The van der Waals surface area contributed by atoms with Crippen LogP contribution in [0.5, 0.6) is 0 Å². The van der Waals surface area contributed by atoms with Gasteiger partial charge in [-0.15, -0.1) is 5.10 Å². The molecule has 4 aromatic rings. The average molecular weight is 404 g/mol. The number of nitrogens with zero attached hydrogens (tertiary/aromatic N) is 6. The first-order valence-corrected chi connectivity index (χ1v) is 9.54. The maximum atomic E-state index is 13.9. The summed E-state index contributed by atoms with van der Waals surface area (Å²) in [5, 5.41) is 12.3. The highest BCUT2D eigenvalue weighted by atomic mass is 19.1. The molecule has 30 heavy (non-hydrogen) atoms. The smallest absolute Gasteiger partial charge is 0.280 e. The standard InChI is InChI=1S/C21H17FN6O2/c22-17-9-5-4-8-16(17)21(29)27-11-10-15(12-27)28-13-18(24-26-28)20-23-19(25-30-20)14-6-2-1-3-7-14/h1-9,13,15H,10-12H2/t15-/m1/s1. The molecule has 0 bridgehead atoms. The summed E-state index contributed by atoms with van der Waals surface area (Å²) in [5.74, 6) is -0.0833. The second kappa shape index (κ2) is 7.51. The van der Waals surface area contributed by atoms with E-state index in [-0.39, 0.29) is 23.4 Å². The monoisotopic (exact) mass is 404 g/mol. The number of amides is 1. The number of carbonyl (C=O) groups excluding carboxylic acids is 1. The van der Waals surface area contributed by atoms with Crippen molar-refractivity contribution in [3.05, 3.63) is 72.2 Å². The quantitative estimate of drug-likeness (QED) is 0.519. The second-order valence-electron chi connectivity index (χ2n) is 7.05. The van der Waals surface area contributed by atoms with E-state index in [1.165, 1.54) is 12.1 Å². The summed E-state index contributed by atoms with van der Waals surface area (Å²) in [6.45, 7) is 0.945. The lowest BCUT2D eigenvalue weighted by Crippen LogP contribution is -2.29. The number of hydrogen-bond donors (Lipinski definition) is 0. The van der Waals surface area contributed by atoms with Gasteiger partial charge in [0.05, 0.1) is 17.8 Å². The molecule has 0 N–H and O–H groups in total. The summed E-state index contributed by atoms with van der Waals surface area (Å²) in [6, 6.07) is 15.5. The largest absolute Gasteiger partial charge is 0.336 e. The van der Waals surface area contributed by atoms with Crippen molar-refractivity contribution in [2.24, 2.45) is 0 Å². The Bertz CT molecular complexity index is 1190. The molecule has 0 radical (unpaired) electrons. The summed E-state index contributed by atoms with van der Waals surface area (Å²) < 4.78 is 21.0. The predicted octanol–water partition coefficient (Wildman–Crippen LogP) is 3.22. The van der Waals surface area contributed by atoms with Crippen LogP contribution in [-0.2, 0) is 0 Å². The topological polar surface area (TPSA) is 89.9 Å². The number of aromatic nitrogens is 5. The molecule has 1 amide bonds. The normalized spacial score (nSPS) is 16.2. The van der Waals surface area contributed by atoms with Gasteiger partial charge in [0, 0.05) is 18.7 Å². The van der Waals surface area contributed by atoms with Gasteiger partial charge in [-0.3, -0.25) is 4.79 Å². The van der Waals surface area contributed by atoms with Gasteiger partial charge in [-0.1, -0.05) is 52.8 Å². The molecule has 3 heterocycles. The lowest BCUT2D eigenvalue weighted by Gasteiger charge is -2.16. The third-order valence-corrected chi connectivity index (χ3v) is 5.12. The van der Waals surface area contributed by atoms with Gasteiger partial charge in [0.2, 0.25) is 5.82 Å². The first-order chi connectivity index (χ1) is 14.7. The van der Waals surface area contributed by atoms with E-state index in [4.69, 9.17) is 4.52 Å². The van der Waals surface area contributed by atoms with Gasteiger partial charge >= 0.3 is 0 Å². The molecule has 5 rings (SSSR count). The van der Waals surface area contributed by atoms with Crippen LogP contribution in [-0.4, -0.2) is 49.0 Å². The Morgan fingerprint density at radius 1 is 1.10 bits per heavy atom. The molecule has 1 fully saturated rings. The lowest BCUT2D eigenvalue weighted by atomic mass is 10.2. The molecule has 1 aliphatic rings. The molecular weight excluding hydrogens is 387 g/mol. The van der Waals surface area contributed by atoms with Crippen LogP contribution in [0.2, 0.25) is 0 Å². The van der Waals surface area contributed by atoms with E-state index in [2.05, 4.69) is 20.5 Å². The van der Waals surface area contributed by atoms with Crippen LogP contribution in [0.3, 0.4) is 0 Å². The van der Waals surface area contributed by atoms with Crippen molar-refractivity contribution in [2.45, 2.75) is 12.5 Å². The van der Waals surface area contributed by atoms with Crippen molar-refractivity contribution in [1.82, 2.24) is 30.0 Å². The van der Waals surface area contributed by atoms with Gasteiger partial charge in [0.25, 0.3) is 11.8 Å². The first kappa shape index (κ1) is 18.2. The van der Waals surface area contributed by atoms with Gasteiger partial charge in [-0.2, -0.15) is 4.98 Å². The Labute approximate surface area is 170 Å². The Hall–Kier alpha value is -3.88. The minimum Gasteiger partial charge on any atom is -0.336 e. The lowest BCUT2D eigenvalue weighted by molar-refractivity contribution is 0.0782. The van der Waals surface area contributed by atoms with Gasteiger partial charge < -0.3 is 9.42 Å². The fourth-order valence-corrected chi connectivity index (χ4v) is 3.53. The third kappa shape index (κ3) is 3.34. The summed E-state index contributed by atoms with van der Waals surface area (Å²) in [6.07, 6.45) is 2.42. The molecule has 150 valence electrons. The molecule has 0 unspecified atom stereocenters. The zero-order valence-corrected chi connectivity index (χ0v) is 15.8. The van der Waals surface area contributed by atoms with Gasteiger partial charge in [-0.05, 0) is 18.6 Å². The van der Waals surface area contributed by atoms with Crippen LogP contribution in [0.4, 0.5) is 4.39 Å². The third-order valence-electron chi connectivity index (χ3n) is 5.12. The van der Waals surface area contributed by atoms with Crippen molar-refractivity contribution in [3.8, 4) is 23.0 Å². The number of hydrogen-bond acceptors (Lipinski definition) is 6. The van der Waals surface area contributed by atoms with Gasteiger partial charge in [-0.25, -0.2) is 9.07 Å². The van der Waals surface area contributed by atoms with E-state index in [0.29, 0.717) is 31.0 Å². The molecule has 2 aromatic heterocycles. The van der Waals surface area contributed by atoms with Gasteiger partial charge in [0.15, 0.2) is 5.69 Å². The van der Waals surface area contributed by atoms with Crippen LogP contribution in [0, 0.1) is 5.82 Å². The molecule has 2 aromatic carbocycles. The summed E-state index contributed by atoms with van der Waals surface area (Å²) in [5.41, 5.74) is 1.39. The van der Waals surface area contributed by atoms with Crippen molar-refractivity contribution in [2.75, 3.05) is 13.1 Å². The average Bonchev–Trinajstić information content (AvgIpc) is 3.54. The van der Waals surface area contributed by atoms with E-state index in [9.17, 15) is 9.18 Å². The maximum absolute atomic E-state index is 13.9. The molecule has 8 nitrogen and oxygen atoms in total. The Morgan fingerprint density at radius 2 is 1.90 bits per heavy atom. The van der Waals surface area contributed by atoms with Crippen LogP contribution >= 0.6 is 0 Å². The second-order valence-corrected chi connectivity index (χ2v) is 7.05. The number of carbonyl (C=O) groups is 1. The zero-order chi connectivity index (χ0) is 20.5. The van der Waals surface area contributed by atoms with Crippen LogP contribution in [0.1, 0.15) is 22.8 Å². The fraction of sp³-hybridized carbons (Fsp3) is 0.190. The SMILES string of the molecule is O=C(c1ccccc1F)N1CC[C@@H](n2cc(-c3nc(-c4ccccc4)no3)nn2)C1. The number of rotatable bonds is 4. The van der Waals surface area contributed by atoms with Gasteiger partial charge in [0.1, 0.15) is 5.82 Å². The molecule has 0 saturated carbocycles. The van der Waals surface area contributed by atoms with E-state index in [1.54, 1.807) is 27.9 Å². The van der Waals surface area contributed by atoms with Crippen LogP contribution in [0.25, 0.3) is 23.0 Å². The number of halogens is 1. The zero-order valence-electron chi connectivity index (χ0n) is 15.8. The number of likely N-dealkylation sites (tertiary alicyclic amines) is 1.